The first-order chi connectivity index (χ1) is 12.2. The summed E-state index contributed by atoms with van der Waals surface area (Å²) in [4.78, 5) is 13.0. The van der Waals surface area contributed by atoms with E-state index < -0.39 is 0 Å². The molecule has 2 aromatic carbocycles. The number of halogens is 1. The largest absolute Gasteiger partial charge is 0.457 e. The van der Waals surface area contributed by atoms with E-state index in [-0.39, 0.29) is 11.9 Å². The number of benzene rings is 2. The number of thioether (sulfide) groups is 1. The Balaban J connectivity index is 1.44. The molecule has 1 aliphatic heterocycles. The molecular formula is C19H19BrO4S. The average molecular weight is 423 g/mol. The minimum Gasteiger partial charge on any atom is -0.457 e. The van der Waals surface area contributed by atoms with Crippen LogP contribution in [0.3, 0.4) is 0 Å². The maximum atomic E-state index is 12.0. The quantitative estimate of drug-likeness (QED) is 0.360. The van der Waals surface area contributed by atoms with Gasteiger partial charge >= 0.3 is 5.97 Å². The lowest BCUT2D eigenvalue weighted by Gasteiger charge is -2.20. The number of hydrogen-bond donors (Lipinski definition) is 0. The summed E-state index contributed by atoms with van der Waals surface area (Å²) < 4.78 is 17.4. The molecule has 1 aliphatic rings. The van der Waals surface area contributed by atoms with Gasteiger partial charge < -0.3 is 14.2 Å². The molecule has 0 aliphatic carbocycles. The predicted molar refractivity (Wildman–Crippen MR) is 101 cm³/mol. The summed E-state index contributed by atoms with van der Waals surface area (Å²) in [6, 6.07) is 15.4. The van der Waals surface area contributed by atoms with Crippen molar-refractivity contribution in [3.63, 3.8) is 0 Å². The molecule has 4 nitrogen and oxygen atoms in total. The lowest BCUT2D eigenvalue weighted by atomic mass is 10.0. The van der Waals surface area contributed by atoms with Gasteiger partial charge in [-0.25, -0.2) is 0 Å². The van der Waals surface area contributed by atoms with Gasteiger partial charge in [-0.15, -0.1) is 0 Å². The van der Waals surface area contributed by atoms with E-state index in [2.05, 4.69) is 15.9 Å². The Hall–Kier alpha value is -1.50. The molecule has 0 aromatic heterocycles. The molecule has 0 amide bonds. The van der Waals surface area contributed by atoms with Crippen LogP contribution in [0, 0.1) is 5.92 Å². The fourth-order valence-electron chi connectivity index (χ4n) is 2.45. The fraction of sp³-hybridized carbons (Fsp3) is 0.316. The Bertz CT molecular complexity index is 682. The molecule has 0 N–H and O–H groups in total. The standard InChI is InChI=1S/C19H19BrO4S/c20-15-1-3-16(4-2-15)24-17-5-7-18(8-6-17)25-13-23-19(21)14-9-11-22-12-10-14/h1-8,14H,9-13H2. The summed E-state index contributed by atoms with van der Waals surface area (Å²) in [5, 5.41) is 0. The van der Waals surface area contributed by atoms with Crippen molar-refractivity contribution >= 4 is 33.7 Å². The predicted octanol–water partition coefficient (Wildman–Crippen LogP) is 5.26. The zero-order chi connectivity index (χ0) is 17.5. The summed E-state index contributed by atoms with van der Waals surface area (Å²) in [5.41, 5.74) is 0. The normalized spacial score (nSPS) is 14.9. The number of carbonyl (C=O) groups is 1. The van der Waals surface area contributed by atoms with Crippen molar-refractivity contribution in [1.29, 1.82) is 0 Å². The van der Waals surface area contributed by atoms with Crippen molar-refractivity contribution in [1.82, 2.24) is 0 Å². The molecule has 0 unspecified atom stereocenters. The summed E-state index contributed by atoms with van der Waals surface area (Å²) in [6.07, 6.45) is 1.51. The highest BCUT2D eigenvalue weighted by Crippen LogP contribution is 2.26. The lowest BCUT2D eigenvalue weighted by Crippen LogP contribution is -2.25. The first-order valence-corrected chi connectivity index (χ1v) is 9.89. The highest BCUT2D eigenvalue weighted by Gasteiger charge is 2.22. The maximum absolute atomic E-state index is 12.0. The minimum absolute atomic E-state index is 0.0176. The Morgan fingerprint density at radius 2 is 1.64 bits per heavy atom. The molecule has 0 atom stereocenters. The first-order valence-electron chi connectivity index (χ1n) is 8.11. The Labute approximate surface area is 160 Å². The van der Waals surface area contributed by atoms with Gasteiger partial charge in [0.25, 0.3) is 0 Å². The SMILES string of the molecule is O=C(OCSc1ccc(Oc2ccc(Br)cc2)cc1)C1CCOCC1. The van der Waals surface area contributed by atoms with Gasteiger partial charge in [-0.05, 0) is 61.4 Å². The van der Waals surface area contributed by atoms with Gasteiger partial charge in [0.1, 0.15) is 17.4 Å². The van der Waals surface area contributed by atoms with Gasteiger partial charge in [-0.2, -0.15) is 0 Å². The third-order valence-corrected chi connectivity index (χ3v) is 5.22. The molecule has 0 saturated carbocycles. The molecular weight excluding hydrogens is 404 g/mol. The van der Waals surface area contributed by atoms with Crippen LogP contribution in [0.15, 0.2) is 57.9 Å². The van der Waals surface area contributed by atoms with Crippen LogP contribution in [0.25, 0.3) is 0 Å². The van der Waals surface area contributed by atoms with Crippen molar-refractivity contribution in [3.05, 3.63) is 53.0 Å². The Kier molecular flexibility index (Phi) is 6.78. The van der Waals surface area contributed by atoms with Gasteiger partial charge in [0.15, 0.2) is 0 Å². The van der Waals surface area contributed by atoms with Crippen LogP contribution < -0.4 is 4.74 Å². The number of esters is 1. The van der Waals surface area contributed by atoms with Gasteiger partial charge in [-0.1, -0.05) is 27.7 Å². The van der Waals surface area contributed by atoms with Crippen molar-refractivity contribution < 1.29 is 19.0 Å². The van der Waals surface area contributed by atoms with Crippen LogP contribution in [0.1, 0.15) is 12.8 Å². The molecule has 1 fully saturated rings. The van der Waals surface area contributed by atoms with E-state index in [4.69, 9.17) is 14.2 Å². The Morgan fingerprint density at radius 1 is 1.04 bits per heavy atom. The minimum atomic E-state index is -0.119. The molecule has 0 radical (unpaired) electrons. The topological polar surface area (TPSA) is 44.8 Å². The van der Waals surface area contributed by atoms with E-state index in [1.807, 2.05) is 48.5 Å². The summed E-state index contributed by atoms with van der Waals surface area (Å²) in [7, 11) is 0. The van der Waals surface area contributed by atoms with Crippen LogP contribution in [-0.2, 0) is 14.3 Å². The van der Waals surface area contributed by atoms with Crippen LogP contribution in [0.5, 0.6) is 11.5 Å². The Morgan fingerprint density at radius 3 is 2.28 bits per heavy atom. The zero-order valence-corrected chi connectivity index (χ0v) is 16.1. The summed E-state index contributed by atoms with van der Waals surface area (Å²) in [5.74, 6) is 1.74. The first kappa shape index (κ1) is 18.3. The molecule has 1 saturated heterocycles. The second kappa shape index (κ2) is 9.27. The molecule has 1 heterocycles. The average Bonchev–Trinajstić information content (AvgIpc) is 2.66. The summed E-state index contributed by atoms with van der Waals surface area (Å²) in [6.45, 7) is 1.29. The molecule has 3 rings (SSSR count). The molecule has 0 spiro atoms. The van der Waals surface area contributed by atoms with Crippen LogP contribution in [0.4, 0.5) is 0 Å². The zero-order valence-electron chi connectivity index (χ0n) is 13.7. The maximum Gasteiger partial charge on any atom is 0.309 e. The van der Waals surface area contributed by atoms with E-state index in [0.717, 1.165) is 33.7 Å². The fourth-order valence-corrected chi connectivity index (χ4v) is 3.35. The number of carbonyl (C=O) groups excluding carboxylic acids is 1. The van der Waals surface area contributed by atoms with E-state index in [9.17, 15) is 4.79 Å². The van der Waals surface area contributed by atoms with Gasteiger partial charge in [0.05, 0.1) is 5.92 Å². The molecule has 6 heteroatoms. The second-order valence-corrected chi connectivity index (χ2v) is 7.55. The van der Waals surface area contributed by atoms with Crippen LogP contribution in [-0.4, -0.2) is 25.1 Å². The van der Waals surface area contributed by atoms with Crippen molar-refractivity contribution in [2.24, 2.45) is 5.92 Å². The molecule has 0 bridgehead atoms. The highest BCUT2D eigenvalue weighted by atomic mass is 79.9. The van der Waals surface area contributed by atoms with Crippen molar-refractivity contribution in [2.75, 3.05) is 19.2 Å². The molecule has 2 aromatic rings. The van der Waals surface area contributed by atoms with Crippen molar-refractivity contribution in [3.8, 4) is 11.5 Å². The number of ether oxygens (including phenoxy) is 3. The van der Waals surface area contributed by atoms with E-state index in [1.54, 1.807) is 0 Å². The molecule has 132 valence electrons. The molecule has 25 heavy (non-hydrogen) atoms. The second-order valence-electron chi connectivity index (χ2n) is 5.64. The number of rotatable bonds is 6. The van der Waals surface area contributed by atoms with E-state index in [1.165, 1.54) is 11.8 Å². The van der Waals surface area contributed by atoms with Crippen LogP contribution >= 0.6 is 27.7 Å². The van der Waals surface area contributed by atoms with E-state index in [0.29, 0.717) is 19.2 Å². The lowest BCUT2D eigenvalue weighted by molar-refractivity contribution is -0.149. The summed E-state index contributed by atoms with van der Waals surface area (Å²) >= 11 is 4.89. The van der Waals surface area contributed by atoms with Crippen LogP contribution in [0.2, 0.25) is 0 Å². The monoisotopic (exact) mass is 422 g/mol. The van der Waals surface area contributed by atoms with Gasteiger partial charge in [0.2, 0.25) is 0 Å². The van der Waals surface area contributed by atoms with Gasteiger partial charge in [0, 0.05) is 22.6 Å². The third-order valence-electron chi connectivity index (χ3n) is 3.85. The highest BCUT2D eigenvalue weighted by molar-refractivity contribution is 9.10. The number of hydrogen-bond acceptors (Lipinski definition) is 5. The van der Waals surface area contributed by atoms with E-state index >= 15 is 0 Å². The third kappa shape index (κ3) is 5.76. The smallest absolute Gasteiger partial charge is 0.309 e. The van der Waals surface area contributed by atoms with Gasteiger partial charge in [-0.3, -0.25) is 4.79 Å². The van der Waals surface area contributed by atoms with Crippen molar-refractivity contribution in [2.45, 2.75) is 17.7 Å².